The van der Waals surface area contributed by atoms with Crippen LogP contribution in [-0.4, -0.2) is 18.2 Å². The van der Waals surface area contributed by atoms with Crippen molar-refractivity contribution in [3.8, 4) is 0 Å². The molecule has 0 unspecified atom stereocenters. The first-order valence-electron chi connectivity index (χ1n) is 6.42. The van der Waals surface area contributed by atoms with Gasteiger partial charge >= 0.3 is 8.56 Å². The van der Waals surface area contributed by atoms with Gasteiger partial charge in [0, 0.05) is 10.4 Å². The van der Waals surface area contributed by atoms with Gasteiger partial charge in [-0.25, -0.2) is 0 Å². The number of rotatable bonds is 2. The highest BCUT2D eigenvalue weighted by atomic mass is 28.4. The van der Waals surface area contributed by atoms with E-state index >= 15 is 0 Å². The van der Waals surface area contributed by atoms with Crippen LogP contribution in [0.1, 0.15) is 22.3 Å². The molecule has 0 radical (unpaired) electrons. The molecule has 2 N–H and O–H groups in total. The lowest BCUT2D eigenvalue weighted by Crippen LogP contribution is -2.61. The molecule has 0 atom stereocenters. The predicted molar refractivity (Wildman–Crippen MR) is 81.3 cm³/mol. The van der Waals surface area contributed by atoms with Crippen molar-refractivity contribution in [1.82, 2.24) is 0 Å². The van der Waals surface area contributed by atoms with Crippen LogP contribution in [0.25, 0.3) is 0 Å². The van der Waals surface area contributed by atoms with Gasteiger partial charge in [-0.15, -0.1) is 0 Å². The third kappa shape index (κ3) is 2.63. The van der Waals surface area contributed by atoms with Gasteiger partial charge in [0.15, 0.2) is 0 Å². The van der Waals surface area contributed by atoms with E-state index in [1.165, 1.54) is 0 Å². The van der Waals surface area contributed by atoms with Crippen LogP contribution in [0.2, 0.25) is 0 Å². The molecule has 3 heteroatoms. The highest BCUT2D eigenvalue weighted by Crippen LogP contribution is 2.09. The van der Waals surface area contributed by atoms with Crippen LogP contribution in [0, 0.1) is 27.7 Å². The van der Waals surface area contributed by atoms with E-state index in [1.54, 1.807) is 0 Å². The molecule has 2 aromatic rings. The van der Waals surface area contributed by atoms with Gasteiger partial charge in [0.1, 0.15) is 0 Å². The van der Waals surface area contributed by atoms with Gasteiger partial charge < -0.3 is 9.59 Å². The Kier molecular flexibility index (Phi) is 3.63. The van der Waals surface area contributed by atoms with E-state index in [-0.39, 0.29) is 0 Å². The van der Waals surface area contributed by atoms with Crippen LogP contribution in [0.4, 0.5) is 0 Å². The SMILES string of the molecule is Cc1ccc(C)c([Si](O)(O)c2cc(C)ccc2C)c1. The number of benzene rings is 2. The molecule has 0 bridgehead atoms. The van der Waals surface area contributed by atoms with Gasteiger partial charge in [-0.2, -0.15) is 0 Å². The van der Waals surface area contributed by atoms with E-state index in [2.05, 4.69) is 0 Å². The van der Waals surface area contributed by atoms with Gasteiger partial charge in [0.2, 0.25) is 0 Å². The molecule has 0 saturated carbocycles. The van der Waals surface area contributed by atoms with Crippen LogP contribution in [0.5, 0.6) is 0 Å². The van der Waals surface area contributed by atoms with E-state index in [0.29, 0.717) is 10.4 Å². The molecule has 0 heterocycles. The molecule has 2 aromatic carbocycles. The average molecular weight is 272 g/mol. The van der Waals surface area contributed by atoms with E-state index in [9.17, 15) is 9.59 Å². The Balaban J connectivity index is 2.64. The minimum Gasteiger partial charge on any atom is -0.404 e. The zero-order chi connectivity index (χ0) is 14.2. The lowest BCUT2D eigenvalue weighted by molar-refractivity contribution is 0.401. The van der Waals surface area contributed by atoms with Crippen molar-refractivity contribution < 1.29 is 9.59 Å². The van der Waals surface area contributed by atoms with Crippen molar-refractivity contribution in [3.05, 3.63) is 58.7 Å². The fourth-order valence-electron chi connectivity index (χ4n) is 2.37. The second-order valence-corrected chi connectivity index (χ2v) is 7.73. The normalized spacial score (nSPS) is 11.7. The van der Waals surface area contributed by atoms with Gasteiger partial charge in [-0.3, -0.25) is 0 Å². The Labute approximate surface area is 115 Å². The van der Waals surface area contributed by atoms with E-state index in [1.807, 2.05) is 64.1 Å². The van der Waals surface area contributed by atoms with Gasteiger partial charge in [-0.05, 0) is 38.8 Å². The average Bonchev–Trinajstić information content (AvgIpc) is 2.35. The Morgan fingerprint density at radius 3 is 1.42 bits per heavy atom. The van der Waals surface area contributed by atoms with Crippen molar-refractivity contribution in [2.45, 2.75) is 27.7 Å². The zero-order valence-electron chi connectivity index (χ0n) is 11.9. The van der Waals surface area contributed by atoms with Crippen molar-refractivity contribution >= 4 is 18.9 Å². The zero-order valence-corrected chi connectivity index (χ0v) is 12.9. The summed E-state index contributed by atoms with van der Waals surface area (Å²) in [5, 5.41) is 1.36. The monoisotopic (exact) mass is 272 g/mol. The first kappa shape index (κ1) is 14.0. The quantitative estimate of drug-likeness (QED) is 0.813. The lowest BCUT2D eigenvalue weighted by atomic mass is 10.2. The Morgan fingerprint density at radius 1 is 0.684 bits per heavy atom. The second-order valence-electron chi connectivity index (χ2n) is 5.31. The van der Waals surface area contributed by atoms with Crippen molar-refractivity contribution in [2.24, 2.45) is 0 Å². The topological polar surface area (TPSA) is 40.5 Å². The van der Waals surface area contributed by atoms with Gasteiger partial charge in [-0.1, -0.05) is 47.5 Å². The first-order valence-corrected chi connectivity index (χ1v) is 8.32. The maximum absolute atomic E-state index is 10.8. The molecular weight excluding hydrogens is 252 g/mol. The van der Waals surface area contributed by atoms with Gasteiger partial charge in [0.05, 0.1) is 0 Å². The van der Waals surface area contributed by atoms with E-state index in [4.69, 9.17) is 0 Å². The third-order valence-electron chi connectivity index (χ3n) is 3.54. The number of hydrogen-bond acceptors (Lipinski definition) is 2. The van der Waals surface area contributed by atoms with E-state index in [0.717, 1.165) is 22.3 Å². The molecule has 0 amide bonds. The lowest BCUT2D eigenvalue weighted by Gasteiger charge is -2.23. The fourth-order valence-corrected chi connectivity index (χ4v) is 4.78. The molecule has 0 aliphatic carbocycles. The Morgan fingerprint density at radius 2 is 1.05 bits per heavy atom. The van der Waals surface area contributed by atoms with Crippen molar-refractivity contribution in [1.29, 1.82) is 0 Å². The smallest absolute Gasteiger partial charge is 0.402 e. The predicted octanol–water partition coefficient (Wildman–Crippen LogP) is 1.46. The molecule has 2 rings (SSSR count). The summed E-state index contributed by atoms with van der Waals surface area (Å²) in [6, 6.07) is 11.7. The van der Waals surface area contributed by atoms with Crippen molar-refractivity contribution in [3.63, 3.8) is 0 Å². The second kappa shape index (κ2) is 4.93. The maximum Gasteiger partial charge on any atom is 0.402 e. The molecule has 0 aromatic heterocycles. The molecule has 100 valence electrons. The maximum atomic E-state index is 10.8. The first-order chi connectivity index (χ1) is 8.82. The molecule has 0 fully saturated rings. The summed E-state index contributed by atoms with van der Waals surface area (Å²) in [6.45, 7) is 7.79. The summed E-state index contributed by atoms with van der Waals surface area (Å²) in [5.41, 5.74) is 3.96. The summed E-state index contributed by atoms with van der Waals surface area (Å²) in [6.07, 6.45) is 0. The summed E-state index contributed by atoms with van der Waals surface area (Å²) in [4.78, 5) is 21.5. The highest BCUT2D eigenvalue weighted by Gasteiger charge is 2.37. The van der Waals surface area contributed by atoms with Crippen LogP contribution in [-0.2, 0) is 0 Å². The molecule has 0 aliphatic heterocycles. The summed E-state index contributed by atoms with van der Waals surface area (Å²) in [7, 11) is -3.61. The third-order valence-corrected chi connectivity index (χ3v) is 6.12. The molecule has 0 saturated heterocycles. The molecule has 0 aliphatic rings. The molecule has 19 heavy (non-hydrogen) atoms. The molecular formula is C16H20O2Si. The van der Waals surface area contributed by atoms with Crippen molar-refractivity contribution in [2.75, 3.05) is 0 Å². The Hall–Kier alpha value is -1.42. The minimum atomic E-state index is -3.61. The van der Waals surface area contributed by atoms with Crippen LogP contribution >= 0.6 is 0 Å². The van der Waals surface area contributed by atoms with Crippen LogP contribution < -0.4 is 10.4 Å². The number of hydrogen-bond donors (Lipinski definition) is 2. The highest BCUT2D eigenvalue weighted by molar-refractivity contribution is 6.91. The summed E-state index contributed by atoms with van der Waals surface area (Å²) in [5.74, 6) is 0. The Bertz CT molecular complexity index is 565. The molecule has 0 spiro atoms. The summed E-state index contributed by atoms with van der Waals surface area (Å²) < 4.78 is 0. The van der Waals surface area contributed by atoms with E-state index < -0.39 is 8.56 Å². The van der Waals surface area contributed by atoms with Crippen LogP contribution in [0.3, 0.4) is 0 Å². The molecule has 2 nitrogen and oxygen atoms in total. The fraction of sp³-hybridized carbons (Fsp3) is 0.250. The minimum absolute atomic E-state index is 0.682. The largest absolute Gasteiger partial charge is 0.404 e. The number of aryl methyl sites for hydroxylation is 4. The standard InChI is InChI=1S/C16H20O2Si/c1-11-5-7-13(3)15(9-11)19(17,18)16-10-12(2)6-8-14(16)4/h5-10,17-18H,1-4H3. The van der Waals surface area contributed by atoms with Crippen LogP contribution in [0.15, 0.2) is 36.4 Å². The van der Waals surface area contributed by atoms with Gasteiger partial charge in [0.25, 0.3) is 0 Å². The summed E-state index contributed by atoms with van der Waals surface area (Å²) >= 11 is 0.